The Hall–Kier alpha value is -1.87. The largest absolute Gasteiger partial charge is 0.485 e. The molecule has 0 atom stereocenters. The third-order valence-corrected chi connectivity index (χ3v) is 2.93. The third kappa shape index (κ3) is 3.55. The molecule has 0 aliphatic heterocycles. The van der Waals surface area contributed by atoms with E-state index in [1.807, 2.05) is 0 Å². The van der Waals surface area contributed by atoms with Crippen LogP contribution in [-0.4, -0.2) is 12.4 Å². The number of ketones is 1. The number of halogens is 2. The number of aryl methyl sites for hydroxylation is 1. The maximum Gasteiger partial charge on any atom is 0.200 e. The van der Waals surface area contributed by atoms with Crippen LogP contribution in [0.4, 0.5) is 4.39 Å². The zero-order valence-corrected chi connectivity index (χ0v) is 11.1. The molecule has 2 aromatic carbocycles. The topological polar surface area (TPSA) is 26.3 Å². The van der Waals surface area contributed by atoms with E-state index >= 15 is 0 Å². The van der Waals surface area contributed by atoms with Crippen LogP contribution in [0.1, 0.15) is 15.9 Å². The van der Waals surface area contributed by atoms with Crippen molar-refractivity contribution in [1.29, 1.82) is 0 Å². The van der Waals surface area contributed by atoms with Crippen LogP contribution >= 0.6 is 11.6 Å². The van der Waals surface area contributed by atoms with Crippen LogP contribution in [0.3, 0.4) is 0 Å². The summed E-state index contributed by atoms with van der Waals surface area (Å²) in [6.07, 6.45) is 0. The van der Waals surface area contributed by atoms with Crippen molar-refractivity contribution in [3.8, 4) is 5.75 Å². The van der Waals surface area contributed by atoms with Crippen molar-refractivity contribution in [2.75, 3.05) is 6.61 Å². The van der Waals surface area contributed by atoms with E-state index < -0.39 is 0 Å². The SMILES string of the molecule is Cc1ccc(F)cc1OCC(=O)c1ccc(Cl)cc1. The predicted molar refractivity (Wildman–Crippen MR) is 72.4 cm³/mol. The number of hydrogen-bond acceptors (Lipinski definition) is 2. The van der Waals surface area contributed by atoms with E-state index in [9.17, 15) is 9.18 Å². The van der Waals surface area contributed by atoms with Gasteiger partial charge in [0.2, 0.25) is 0 Å². The molecule has 0 aromatic heterocycles. The highest BCUT2D eigenvalue weighted by molar-refractivity contribution is 6.30. The Balaban J connectivity index is 2.04. The number of ether oxygens (including phenoxy) is 1. The van der Waals surface area contributed by atoms with Gasteiger partial charge in [0.15, 0.2) is 12.4 Å². The van der Waals surface area contributed by atoms with E-state index in [1.54, 1.807) is 37.3 Å². The monoisotopic (exact) mass is 278 g/mol. The molecule has 0 aliphatic rings. The minimum Gasteiger partial charge on any atom is -0.485 e. The number of rotatable bonds is 4. The van der Waals surface area contributed by atoms with Gasteiger partial charge in [-0.05, 0) is 42.8 Å². The van der Waals surface area contributed by atoms with Gasteiger partial charge < -0.3 is 4.74 Å². The Morgan fingerprint density at radius 2 is 1.89 bits per heavy atom. The maximum atomic E-state index is 13.1. The summed E-state index contributed by atoms with van der Waals surface area (Å²) in [6, 6.07) is 10.8. The fourth-order valence-electron chi connectivity index (χ4n) is 1.59. The summed E-state index contributed by atoms with van der Waals surface area (Å²) >= 11 is 5.74. The number of hydrogen-bond donors (Lipinski definition) is 0. The molecule has 2 nitrogen and oxygen atoms in total. The number of Topliss-reactive ketones (excluding diaryl/α,β-unsaturated/α-hetero) is 1. The zero-order valence-electron chi connectivity index (χ0n) is 10.3. The van der Waals surface area contributed by atoms with Crippen molar-refractivity contribution in [1.82, 2.24) is 0 Å². The maximum absolute atomic E-state index is 13.1. The Morgan fingerprint density at radius 1 is 1.21 bits per heavy atom. The van der Waals surface area contributed by atoms with Gasteiger partial charge in [-0.1, -0.05) is 17.7 Å². The van der Waals surface area contributed by atoms with Crippen molar-refractivity contribution in [2.45, 2.75) is 6.92 Å². The average Bonchev–Trinajstić information content (AvgIpc) is 2.40. The second-order valence-electron chi connectivity index (χ2n) is 4.13. The lowest BCUT2D eigenvalue weighted by atomic mass is 10.1. The van der Waals surface area contributed by atoms with Crippen molar-refractivity contribution >= 4 is 17.4 Å². The molecule has 0 heterocycles. The molecule has 0 fully saturated rings. The summed E-state index contributed by atoms with van der Waals surface area (Å²) in [5.74, 6) is -0.192. The molecule has 0 amide bonds. The van der Waals surface area contributed by atoms with Crippen LogP contribution in [0.25, 0.3) is 0 Å². The first-order valence-electron chi connectivity index (χ1n) is 5.74. The number of carbonyl (C=O) groups excluding carboxylic acids is 1. The molecule has 19 heavy (non-hydrogen) atoms. The molecule has 0 aliphatic carbocycles. The molecule has 0 radical (unpaired) electrons. The first kappa shape index (κ1) is 13.6. The lowest BCUT2D eigenvalue weighted by Gasteiger charge is -2.08. The van der Waals surface area contributed by atoms with Crippen LogP contribution in [0.2, 0.25) is 5.02 Å². The highest BCUT2D eigenvalue weighted by Crippen LogP contribution is 2.19. The Bertz CT molecular complexity index is 594. The number of carbonyl (C=O) groups is 1. The molecule has 0 saturated heterocycles. The van der Waals surface area contributed by atoms with E-state index in [2.05, 4.69) is 0 Å². The molecule has 0 bridgehead atoms. The van der Waals surface area contributed by atoms with Gasteiger partial charge in [0.1, 0.15) is 11.6 Å². The summed E-state index contributed by atoms with van der Waals surface area (Å²) in [7, 11) is 0. The third-order valence-electron chi connectivity index (χ3n) is 2.68. The van der Waals surface area contributed by atoms with Crippen LogP contribution < -0.4 is 4.74 Å². The Kier molecular flexibility index (Phi) is 4.17. The normalized spacial score (nSPS) is 10.3. The molecule has 0 spiro atoms. The van der Waals surface area contributed by atoms with Crippen molar-refractivity contribution in [2.24, 2.45) is 0 Å². The van der Waals surface area contributed by atoms with Crippen LogP contribution in [0.5, 0.6) is 5.75 Å². The summed E-state index contributed by atoms with van der Waals surface area (Å²) < 4.78 is 18.4. The van der Waals surface area contributed by atoms with Crippen LogP contribution in [0.15, 0.2) is 42.5 Å². The van der Waals surface area contributed by atoms with Gasteiger partial charge in [-0.25, -0.2) is 4.39 Å². The second-order valence-corrected chi connectivity index (χ2v) is 4.56. The average molecular weight is 279 g/mol. The van der Waals surface area contributed by atoms with E-state index in [0.29, 0.717) is 16.3 Å². The van der Waals surface area contributed by atoms with Gasteiger partial charge in [-0.3, -0.25) is 4.79 Å². The first-order chi connectivity index (χ1) is 9.06. The van der Waals surface area contributed by atoms with E-state index in [0.717, 1.165) is 5.56 Å². The van der Waals surface area contributed by atoms with Crippen molar-refractivity contribution < 1.29 is 13.9 Å². The van der Waals surface area contributed by atoms with Gasteiger partial charge >= 0.3 is 0 Å². The zero-order chi connectivity index (χ0) is 13.8. The Labute approximate surface area is 115 Å². The lowest BCUT2D eigenvalue weighted by molar-refractivity contribution is 0.0921. The molecule has 2 rings (SSSR count). The standard InChI is InChI=1S/C15H12ClFO2/c1-10-2-7-13(17)8-15(10)19-9-14(18)11-3-5-12(16)6-4-11/h2-8H,9H2,1H3. The molecule has 0 unspecified atom stereocenters. The minimum absolute atomic E-state index is 0.133. The van der Waals surface area contributed by atoms with Crippen LogP contribution in [0, 0.1) is 12.7 Å². The summed E-state index contributed by atoms with van der Waals surface area (Å²) in [4.78, 5) is 11.9. The van der Waals surface area contributed by atoms with Crippen LogP contribution in [-0.2, 0) is 0 Å². The predicted octanol–water partition coefficient (Wildman–Crippen LogP) is 4.05. The molecule has 2 aromatic rings. The molecule has 98 valence electrons. The Morgan fingerprint density at radius 3 is 2.58 bits per heavy atom. The van der Waals surface area contributed by atoms with E-state index in [4.69, 9.17) is 16.3 Å². The van der Waals surface area contributed by atoms with Crippen molar-refractivity contribution in [3.05, 3.63) is 64.4 Å². The van der Waals surface area contributed by atoms with Gasteiger partial charge in [-0.2, -0.15) is 0 Å². The van der Waals surface area contributed by atoms with E-state index in [1.165, 1.54) is 12.1 Å². The quantitative estimate of drug-likeness (QED) is 0.789. The smallest absolute Gasteiger partial charge is 0.200 e. The summed E-state index contributed by atoms with van der Waals surface area (Å²) in [6.45, 7) is 1.66. The molecule has 4 heteroatoms. The van der Waals surface area contributed by atoms with Gasteiger partial charge in [0.05, 0.1) is 0 Å². The molecular formula is C15H12ClFO2. The lowest BCUT2D eigenvalue weighted by Crippen LogP contribution is -2.12. The van der Waals surface area contributed by atoms with E-state index in [-0.39, 0.29) is 18.2 Å². The fraction of sp³-hybridized carbons (Fsp3) is 0.133. The molecular weight excluding hydrogens is 267 g/mol. The molecule has 0 saturated carbocycles. The first-order valence-corrected chi connectivity index (χ1v) is 6.12. The second kappa shape index (κ2) is 5.85. The minimum atomic E-state index is -0.389. The molecule has 0 N–H and O–H groups in total. The van der Waals surface area contributed by atoms with Gasteiger partial charge in [0, 0.05) is 16.7 Å². The fourth-order valence-corrected chi connectivity index (χ4v) is 1.72. The number of benzene rings is 2. The summed E-state index contributed by atoms with van der Waals surface area (Å²) in [5.41, 5.74) is 1.30. The highest BCUT2D eigenvalue weighted by atomic mass is 35.5. The highest BCUT2D eigenvalue weighted by Gasteiger charge is 2.08. The van der Waals surface area contributed by atoms with Crippen molar-refractivity contribution in [3.63, 3.8) is 0 Å². The van der Waals surface area contributed by atoms with Gasteiger partial charge in [0.25, 0.3) is 0 Å². The van der Waals surface area contributed by atoms with Gasteiger partial charge in [-0.15, -0.1) is 0 Å². The summed E-state index contributed by atoms with van der Waals surface area (Å²) in [5, 5.41) is 0.568.